The van der Waals surface area contributed by atoms with Crippen molar-refractivity contribution < 1.29 is 19.1 Å². The molecule has 0 atom stereocenters. The van der Waals surface area contributed by atoms with E-state index in [0.29, 0.717) is 26.1 Å². The molecule has 36 heavy (non-hydrogen) atoms. The fraction of sp³-hybridized carbons (Fsp3) is 0.414. The maximum Gasteiger partial charge on any atom is 0.306 e. The van der Waals surface area contributed by atoms with Crippen LogP contribution < -0.4 is 0 Å². The molecule has 7 heteroatoms. The summed E-state index contributed by atoms with van der Waals surface area (Å²) in [5.41, 5.74) is 3.27. The summed E-state index contributed by atoms with van der Waals surface area (Å²) in [6.07, 6.45) is 4.48. The molecular weight excluding hydrogens is 454 g/mol. The third-order valence-corrected chi connectivity index (χ3v) is 6.20. The minimum absolute atomic E-state index is 0.00236. The van der Waals surface area contributed by atoms with Crippen molar-refractivity contribution in [2.45, 2.75) is 52.5 Å². The first-order chi connectivity index (χ1) is 17.5. The third kappa shape index (κ3) is 7.97. The van der Waals surface area contributed by atoms with Crippen LogP contribution in [-0.4, -0.2) is 58.8 Å². The normalized spacial score (nSPS) is 10.8. The molecule has 0 unspecified atom stereocenters. The molecule has 0 fully saturated rings. The molecule has 0 saturated heterocycles. The predicted octanol–water partition coefficient (Wildman–Crippen LogP) is 4.71. The number of nitrogens with one attached hydrogen (secondary N) is 1. The van der Waals surface area contributed by atoms with Gasteiger partial charge in [0.05, 0.1) is 19.6 Å². The van der Waals surface area contributed by atoms with Crippen molar-refractivity contribution in [3.63, 3.8) is 0 Å². The number of amides is 2. The Hall–Kier alpha value is -3.61. The molecule has 7 nitrogen and oxygen atoms in total. The molecule has 2 aromatic carbocycles. The molecule has 0 saturated carbocycles. The summed E-state index contributed by atoms with van der Waals surface area (Å²) >= 11 is 0. The lowest BCUT2D eigenvalue weighted by Crippen LogP contribution is -2.43. The molecule has 1 N–H and O–H groups in total. The highest BCUT2D eigenvalue weighted by Gasteiger charge is 2.22. The fourth-order valence-electron chi connectivity index (χ4n) is 4.19. The molecule has 3 aromatic rings. The van der Waals surface area contributed by atoms with Gasteiger partial charge in [-0.15, -0.1) is 0 Å². The maximum atomic E-state index is 13.5. The van der Waals surface area contributed by atoms with E-state index < -0.39 is 5.97 Å². The van der Waals surface area contributed by atoms with Gasteiger partial charge in [-0.3, -0.25) is 14.4 Å². The van der Waals surface area contributed by atoms with Gasteiger partial charge in [0.15, 0.2) is 0 Å². The van der Waals surface area contributed by atoms with Gasteiger partial charge in [-0.25, -0.2) is 0 Å². The van der Waals surface area contributed by atoms with Crippen LogP contribution in [0.15, 0.2) is 60.8 Å². The van der Waals surface area contributed by atoms with Crippen molar-refractivity contribution in [3.05, 3.63) is 71.9 Å². The zero-order valence-corrected chi connectivity index (χ0v) is 21.4. The smallest absolute Gasteiger partial charge is 0.306 e. The summed E-state index contributed by atoms with van der Waals surface area (Å²) in [6.45, 7) is 5.58. The van der Waals surface area contributed by atoms with E-state index in [1.807, 2.05) is 66.6 Å². The molecule has 0 aliphatic carbocycles. The van der Waals surface area contributed by atoms with Crippen molar-refractivity contribution in [1.82, 2.24) is 14.8 Å². The zero-order valence-electron chi connectivity index (χ0n) is 21.4. The van der Waals surface area contributed by atoms with Crippen LogP contribution in [-0.2, 0) is 32.1 Å². The van der Waals surface area contributed by atoms with Crippen molar-refractivity contribution in [3.8, 4) is 0 Å². The summed E-state index contributed by atoms with van der Waals surface area (Å²) in [6, 6.07) is 18.0. The number of carbonyl (C=O) groups excluding carboxylic acids is 3. The lowest BCUT2D eigenvalue weighted by Gasteiger charge is -2.28. The monoisotopic (exact) mass is 491 g/mol. The van der Waals surface area contributed by atoms with Crippen LogP contribution in [0.3, 0.4) is 0 Å². The number of hydrogen-bond donors (Lipinski definition) is 1. The van der Waals surface area contributed by atoms with E-state index >= 15 is 0 Å². The van der Waals surface area contributed by atoms with Crippen molar-refractivity contribution in [2.24, 2.45) is 0 Å². The lowest BCUT2D eigenvalue weighted by molar-refractivity contribution is -0.146. The zero-order chi connectivity index (χ0) is 25.8. The standard InChI is InChI=1S/C29H37N3O4/c1-3-5-18-31(27(33)15-16-29(35)36-4-2)22-28(34)32(21-23-11-7-6-8-12-23)19-17-24-20-30-26-14-10-9-13-25(24)26/h6-14,20,30H,3-5,15-19,21-22H2,1-2H3. The van der Waals surface area contributed by atoms with Crippen LogP contribution in [0.5, 0.6) is 0 Å². The number of hydrogen-bond acceptors (Lipinski definition) is 4. The minimum Gasteiger partial charge on any atom is -0.466 e. The Kier molecular flexibility index (Phi) is 10.5. The minimum atomic E-state index is -0.392. The molecule has 0 aliphatic heterocycles. The summed E-state index contributed by atoms with van der Waals surface area (Å²) in [4.78, 5) is 44.9. The molecule has 192 valence electrons. The van der Waals surface area contributed by atoms with Crippen LogP contribution >= 0.6 is 0 Å². The van der Waals surface area contributed by atoms with Crippen molar-refractivity contribution in [2.75, 3.05) is 26.2 Å². The average Bonchev–Trinajstić information content (AvgIpc) is 3.31. The van der Waals surface area contributed by atoms with E-state index in [9.17, 15) is 14.4 Å². The second-order valence-corrected chi connectivity index (χ2v) is 8.88. The second kappa shape index (κ2) is 14.1. The number of rotatable bonds is 14. The van der Waals surface area contributed by atoms with Crippen LogP contribution in [0.1, 0.15) is 50.7 Å². The van der Waals surface area contributed by atoms with Gasteiger partial charge in [0, 0.05) is 43.2 Å². The predicted molar refractivity (Wildman–Crippen MR) is 141 cm³/mol. The first-order valence-corrected chi connectivity index (χ1v) is 12.8. The number of esters is 1. The van der Waals surface area contributed by atoms with Gasteiger partial charge in [-0.1, -0.05) is 61.9 Å². The molecule has 0 spiro atoms. The largest absolute Gasteiger partial charge is 0.466 e. The molecule has 0 bridgehead atoms. The molecule has 3 rings (SSSR count). The molecule has 1 aromatic heterocycles. The van der Waals surface area contributed by atoms with Gasteiger partial charge in [0.25, 0.3) is 0 Å². The summed E-state index contributed by atoms with van der Waals surface area (Å²) in [5.74, 6) is -0.683. The molecule has 0 radical (unpaired) electrons. The fourth-order valence-corrected chi connectivity index (χ4v) is 4.19. The topological polar surface area (TPSA) is 82.7 Å². The number of para-hydroxylation sites is 1. The number of benzene rings is 2. The molecule has 1 heterocycles. The highest BCUT2D eigenvalue weighted by atomic mass is 16.5. The number of H-pyrrole nitrogens is 1. The van der Waals surface area contributed by atoms with E-state index in [1.54, 1.807) is 11.8 Å². The number of nitrogens with zero attached hydrogens (tertiary/aromatic N) is 2. The Bertz CT molecular complexity index is 1130. The second-order valence-electron chi connectivity index (χ2n) is 8.88. The molecular formula is C29H37N3O4. The van der Waals surface area contributed by atoms with Crippen LogP contribution in [0.4, 0.5) is 0 Å². The molecule has 2 amide bonds. The average molecular weight is 492 g/mol. The van der Waals surface area contributed by atoms with Gasteiger partial charge in [-0.2, -0.15) is 0 Å². The SMILES string of the molecule is CCCCN(CC(=O)N(CCc1c[nH]c2ccccc12)Cc1ccccc1)C(=O)CCC(=O)OCC. The number of unbranched alkanes of at least 4 members (excludes halogenated alkanes) is 1. The van der Waals surface area contributed by atoms with E-state index in [2.05, 4.69) is 11.1 Å². The van der Waals surface area contributed by atoms with Gasteiger partial charge < -0.3 is 19.5 Å². The van der Waals surface area contributed by atoms with E-state index in [0.717, 1.165) is 34.9 Å². The quantitative estimate of drug-likeness (QED) is 0.331. The highest BCUT2D eigenvalue weighted by molar-refractivity contribution is 5.87. The van der Waals surface area contributed by atoms with Crippen LogP contribution in [0.2, 0.25) is 0 Å². The maximum absolute atomic E-state index is 13.5. The Morgan fingerprint density at radius 3 is 2.36 bits per heavy atom. The number of fused-ring (bicyclic) bond motifs is 1. The van der Waals surface area contributed by atoms with Gasteiger partial charge >= 0.3 is 5.97 Å². The van der Waals surface area contributed by atoms with Crippen LogP contribution in [0.25, 0.3) is 10.9 Å². The van der Waals surface area contributed by atoms with Gasteiger partial charge in [0.2, 0.25) is 11.8 Å². The van der Waals surface area contributed by atoms with Gasteiger partial charge in [-0.05, 0) is 37.0 Å². The van der Waals surface area contributed by atoms with Crippen molar-refractivity contribution >= 4 is 28.7 Å². The highest BCUT2D eigenvalue weighted by Crippen LogP contribution is 2.19. The first kappa shape index (κ1) is 27.0. The Morgan fingerprint density at radius 2 is 1.61 bits per heavy atom. The van der Waals surface area contributed by atoms with E-state index in [-0.39, 0.29) is 37.8 Å². The number of aromatic amines is 1. The Labute approximate surface area is 213 Å². The van der Waals surface area contributed by atoms with E-state index in [1.165, 1.54) is 0 Å². The Morgan fingerprint density at radius 1 is 0.861 bits per heavy atom. The van der Waals surface area contributed by atoms with Crippen LogP contribution in [0, 0.1) is 0 Å². The summed E-state index contributed by atoms with van der Waals surface area (Å²) in [7, 11) is 0. The Balaban J connectivity index is 1.71. The molecule has 0 aliphatic rings. The summed E-state index contributed by atoms with van der Waals surface area (Å²) in [5, 5.41) is 1.16. The van der Waals surface area contributed by atoms with Gasteiger partial charge in [0.1, 0.15) is 0 Å². The number of ether oxygens (including phenoxy) is 1. The number of carbonyl (C=O) groups is 3. The van der Waals surface area contributed by atoms with Crippen molar-refractivity contribution in [1.29, 1.82) is 0 Å². The summed E-state index contributed by atoms with van der Waals surface area (Å²) < 4.78 is 4.95. The lowest BCUT2D eigenvalue weighted by atomic mass is 10.1. The first-order valence-electron chi connectivity index (χ1n) is 12.8. The number of aromatic nitrogens is 1. The van der Waals surface area contributed by atoms with E-state index in [4.69, 9.17) is 4.74 Å². The third-order valence-electron chi connectivity index (χ3n) is 6.20.